The van der Waals surface area contributed by atoms with Crippen molar-refractivity contribution in [2.45, 2.75) is 6.54 Å². The molecule has 2 N–H and O–H groups in total. The van der Waals surface area contributed by atoms with E-state index in [-0.39, 0.29) is 5.56 Å². The predicted molar refractivity (Wildman–Crippen MR) is 116 cm³/mol. The van der Waals surface area contributed by atoms with Crippen molar-refractivity contribution < 1.29 is 0 Å². The summed E-state index contributed by atoms with van der Waals surface area (Å²) < 4.78 is 3.07. The van der Waals surface area contributed by atoms with E-state index in [2.05, 4.69) is 29.7 Å². The Bertz CT molecular complexity index is 1470. The highest BCUT2D eigenvalue weighted by molar-refractivity contribution is 5.77. The lowest BCUT2D eigenvalue weighted by atomic mass is 10.2. The van der Waals surface area contributed by atoms with E-state index in [4.69, 9.17) is 0 Å². The summed E-state index contributed by atoms with van der Waals surface area (Å²) in [5, 5.41) is 0.585. The second-order valence-corrected chi connectivity index (χ2v) is 7.75. The number of piperazine rings is 1. The molecule has 31 heavy (non-hydrogen) atoms. The molecular weight excluding hydrogens is 400 g/mol. The van der Waals surface area contributed by atoms with Crippen LogP contribution in [0.4, 0.5) is 5.95 Å². The average Bonchev–Trinajstić information content (AvgIpc) is 3.11. The second-order valence-electron chi connectivity index (χ2n) is 7.75. The van der Waals surface area contributed by atoms with Crippen molar-refractivity contribution in [3.05, 3.63) is 61.3 Å². The molecule has 1 fully saturated rings. The first kappa shape index (κ1) is 19.2. The normalized spacial score (nSPS) is 15.2. The number of para-hydroxylation sites is 1. The standard InChI is InChI=1S/C20H22N8O3/c1-25-15-16(26(2)20(31)24-18(15)30)23-19(25)28-9-7-27(8-10-28)11-14-21-13-6-4-3-5-12(13)17(29)22-14/h3-6H,7-11H2,1-2H3,(H,21,22,29)(H,24,30,31). The molecular formula is C20H22N8O3. The van der Waals surface area contributed by atoms with E-state index in [0.717, 1.165) is 13.1 Å². The van der Waals surface area contributed by atoms with Crippen LogP contribution in [0.25, 0.3) is 22.1 Å². The van der Waals surface area contributed by atoms with Crippen LogP contribution in [0.3, 0.4) is 0 Å². The number of hydrogen-bond donors (Lipinski definition) is 2. The minimum Gasteiger partial charge on any atom is -0.340 e. The summed E-state index contributed by atoms with van der Waals surface area (Å²) in [7, 11) is 3.37. The fraction of sp³-hybridized carbons (Fsp3) is 0.350. The molecule has 1 aromatic carbocycles. The van der Waals surface area contributed by atoms with Crippen LogP contribution in [0.1, 0.15) is 5.82 Å². The first-order valence-corrected chi connectivity index (χ1v) is 10.0. The Labute approximate surface area is 175 Å². The van der Waals surface area contributed by atoms with Crippen LogP contribution in [0, 0.1) is 0 Å². The number of nitrogens with one attached hydrogen (secondary N) is 2. The van der Waals surface area contributed by atoms with Crippen LogP contribution in [0.15, 0.2) is 38.6 Å². The number of aromatic amines is 2. The maximum Gasteiger partial charge on any atom is 0.329 e. The lowest BCUT2D eigenvalue weighted by molar-refractivity contribution is 0.242. The Morgan fingerprint density at radius 1 is 0.903 bits per heavy atom. The van der Waals surface area contributed by atoms with E-state index in [0.29, 0.717) is 53.5 Å². The van der Waals surface area contributed by atoms with Crippen molar-refractivity contribution in [3.8, 4) is 0 Å². The maximum absolute atomic E-state index is 12.3. The molecule has 1 aliphatic rings. The van der Waals surface area contributed by atoms with Crippen LogP contribution < -0.4 is 21.7 Å². The van der Waals surface area contributed by atoms with Gasteiger partial charge in [-0.2, -0.15) is 4.98 Å². The molecule has 0 atom stereocenters. The van der Waals surface area contributed by atoms with Gasteiger partial charge in [0.2, 0.25) is 5.95 Å². The quantitative estimate of drug-likeness (QED) is 0.457. The van der Waals surface area contributed by atoms with Gasteiger partial charge in [0.15, 0.2) is 11.2 Å². The van der Waals surface area contributed by atoms with Crippen molar-refractivity contribution in [2.24, 2.45) is 14.1 Å². The topological polar surface area (TPSA) is 125 Å². The molecule has 0 spiro atoms. The molecule has 4 heterocycles. The van der Waals surface area contributed by atoms with E-state index < -0.39 is 11.2 Å². The van der Waals surface area contributed by atoms with Gasteiger partial charge in [0.1, 0.15) is 5.82 Å². The van der Waals surface area contributed by atoms with Crippen LogP contribution in [-0.4, -0.2) is 60.1 Å². The van der Waals surface area contributed by atoms with Gasteiger partial charge in [-0.05, 0) is 12.1 Å². The molecule has 4 aromatic rings. The van der Waals surface area contributed by atoms with Gasteiger partial charge >= 0.3 is 5.69 Å². The summed E-state index contributed by atoms with van der Waals surface area (Å²) >= 11 is 0. The summed E-state index contributed by atoms with van der Waals surface area (Å²) in [5.74, 6) is 1.29. The van der Waals surface area contributed by atoms with Crippen LogP contribution in [0.5, 0.6) is 0 Å². The van der Waals surface area contributed by atoms with Crippen molar-refractivity contribution in [1.82, 2.24) is 34.0 Å². The zero-order valence-electron chi connectivity index (χ0n) is 17.3. The summed E-state index contributed by atoms with van der Waals surface area (Å²) in [5.41, 5.74) is 0.377. The van der Waals surface area contributed by atoms with E-state index in [9.17, 15) is 14.4 Å². The van der Waals surface area contributed by atoms with Crippen molar-refractivity contribution >= 4 is 28.0 Å². The van der Waals surface area contributed by atoms with Gasteiger partial charge in [-0.15, -0.1) is 0 Å². The molecule has 0 saturated carbocycles. The Kier molecular flexibility index (Phi) is 4.47. The third-order valence-electron chi connectivity index (χ3n) is 5.80. The molecule has 5 rings (SSSR count). The maximum atomic E-state index is 12.3. The van der Waals surface area contributed by atoms with E-state index >= 15 is 0 Å². The second kappa shape index (κ2) is 7.20. The first-order valence-electron chi connectivity index (χ1n) is 10.0. The van der Waals surface area contributed by atoms with Gasteiger partial charge in [0.05, 0.1) is 17.4 Å². The van der Waals surface area contributed by atoms with Crippen LogP contribution >= 0.6 is 0 Å². The minimum absolute atomic E-state index is 0.130. The molecule has 0 bridgehead atoms. The smallest absolute Gasteiger partial charge is 0.329 e. The fourth-order valence-electron chi connectivity index (χ4n) is 4.11. The number of fused-ring (bicyclic) bond motifs is 2. The molecule has 3 aromatic heterocycles. The third kappa shape index (κ3) is 3.22. The zero-order chi connectivity index (χ0) is 21.7. The molecule has 1 aliphatic heterocycles. The van der Waals surface area contributed by atoms with Gasteiger partial charge in [0.25, 0.3) is 11.1 Å². The Morgan fingerprint density at radius 3 is 2.42 bits per heavy atom. The number of anilines is 1. The van der Waals surface area contributed by atoms with Gasteiger partial charge in [-0.1, -0.05) is 12.1 Å². The molecule has 11 nitrogen and oxygen atoms in total. The highest BCUT2D eigenvalue weighted by Crippen LogP contribution is 2.19. The number of aromatic nitrogens is 6. The van der Waals surface area contributed by atoms with Crippen molar-refractivity contribution in [3.63, 3.8) is 0 Å². The van der Waals surface area contributed by atoms with E-state index in [1.807, 2.05) is 18.2 Å². The molecule has 160 valence electrons. The van der Waals surface area contributed by atoms with Crippen LogP contribution in [0.2, 0.25) is 0 Å². The third-order valence-corrected chi connectivity index (χ3v) is 5.80. The molecule has 0 amide bonds. The van der Waals surface area contributed by atoms with Gasteiger partial charge in [0, 0.05) is 40.3 Å². The SMILES string of the molecule is Cn1c(N2CCN(Cc3nc4ccccc4c(=O)[nH]3)CC2)nc2c1c(=O)[nH]c(=O)n2C. The van der Waals surface area contributed by atoms with E-state index in [1.165, 1.54) is 4.57 Å². The lowest BCUT2D eigenvalue weighted by Crippen LogP contribution is -2.47. The lowest BCUT2D eigenvalue weighted by Gasteiger charge is -2.34. The Hall–Kier alpha value is -3.73. The summed E-state index contributed by atoms with van der Waals surface area (Å²) in [4.78, 5) is 55.1. The van der Waals surface area contributed by atoms with Crippen LogP contribution in [-0.2, 0) is 20.6 Å². The van der Waals surface area contributed by atoms with Gasteiger partial charge in [-0.25, -0.2) is 9.78 Å². The number of benzene rings is 1. The largest absolute Gasteiger partial charge is 0.340 e. The van der Waals surface area contributed by atoms with Crippen molar-refractivity contribution in [1.29, 1.82) is 0 Å². The van der Waals surface area contributed by atoms with Gasteiger partial charge in [-0.3, -0.25) is 24.0 Å². The molecule has 0 aliphatic carbocycles. The predicted octanol–water partition coefficient (Wildman–Crippen LogP) is -0.481. The molecule has 0 unspecified atom stereocenters. The Morgan fingerprint density at radius 2 is 1.65 bits per heavy atom. The number of rotatable bonds is 3. The summed E-state index contributed by atoms with van der Waals surface area (Å²) in [6, 6.07) is 7.30. The van der Waals surface area contributed by atoms with Crippen molar-refractivity contribution in [2.75, 3.05) is 31.1 Å². The summed E-state index contributed by atoms with van der Waals surface area (Å²) in [6.07, 6.45) is 0. The molecule has 1 saturated heterocycles. The number of imidazole rings is 1. The number of H-pyrrole nitrogens is 2. The zero-order valence-corrected chi connectivity index (χ0v) is 17.3. The first-order chi connectivity index (χ1) is 14.9. The highest BCUT2D eigenvalue weighted by atomic mass is 16.2. The minimum atomic E-state index is -0.483. The molecule has 11 heteroatoms. The highest BCUT2D eigenvalue weighted by Gasteiger charge is 2.24. The average molecular weight is 422 g/mol. The summed E-state index contributed by atoms with van der Waals surface area (Å²) in [6.45, 7) is 3.43. The van der Waals surface area contributed by atoms with Gasteiger partial charge < -0.3 is 14.5 Å². The molecule has 0 radical (unpaired) electrons. The van der Waals surface area contributed by atoms with E-state index in [1.54, 1.807) is 24.7 Å². The number of nitrogens with zero attached hydrogens (tertiary/aromatic N) is 6. The monoisotopic (exact) mass is 422 g/mol. The number of aryl methyl sites for hydroxylation is 2. The number of hydrogen-bond acceptors (Lipinski definition) is 7. The fourth-order valence-corrected chi connectivity index (χ4v) is 4.11. The Balaban J connectivity index is 1.35.